The third-order valence-corrected chi connectivity index (χ3v) is 3.49. The SMILES string of the molecule is Cc1cc(N2CC(CC(O)c3ccccc3)=CC2=O)no1. The highest BCUT2D eigenvalue weighted by molar-refractivity contribution is 6.04. The van der Waals surface area contributed by atoms with Crippen LogP contribution in [0.3, 0.4) is 0 Å². The molecule has 0 bridgehead atoms. The summed E-state index contributed by atoms with van der Waals surface area (Å²) in [4.78, 5) is 13.5. The number of aliphatic hydroxyl groups is 1. The number of carbonyl (C=O) groups is 1. The van der Waals surface area contributed by atoms with Gasteiger partial charge in [0, 0.05) is 25.1 Å². The van der Waals surface area contributed by atoms with Crippen molar-refractivity contribution in [2.75, 3.05) is 11.4 Å². The molecule has 1 aliphatic rings. The van der Waals surface area contributed by atoms with Crippen LogP contribution in [0.4, 0.5) is 5.82 Å². The summed E-state index contributed by atoms with van der Waals surface area (Å²) in [6, 6.07) is 11.2. The summed E-state index contributed by atoms with van der Waals surface area (Å²) in [6.07, 6.45) is 1.39. The van der Waals surface area contributed by atoms with Crippen molar-refractivity contribution in [3.8, 4) is 0 Å². The highest BCUT2D eigenvalue weighted by atomic mass is 16.5. The molecule has 1 N–H and O–H groups in total. The van der Waals surface area contributed by atoms with Gasteiger partial charge in [-0.15, -0.1) is 0 Å². The third kappa shape index (κ3) is 2.87. The van der Waals surface area contributed by atoms with Gasteiger partial charge in [-0.05, 0) is 18.1 Å². The summed E-state index contributed by atoms with van der Waals surface area (Å²) in [5.74, 6) is 1.05. The molecule has 1 amide bonds. The number of rotatable bonds is 4. The first-order valence-electron chi connectivity index (χ1n) is 6.81. The van der Waals surface area contributed by atoms with Crippen molar-refractivity contribution >= 4 is 11.7 Å². The lowest BCUT2D eigenvalue weighted by Crippen LogP contribution is -2.25. The van der Waals surface area contributed by atoms with Crippen LogP contribution in [0.25, 0.3) is 0 Å². The Kier molecular flexibility index (Phi) is 3.58. The first kappa shape index (κ1) is 13.6. The second-order valence-corrected chi connectivity index (χ2v) is 5.15. The minimum absolute atomic E-state index is 0.126. The number of benzene rings is 1. The molecule has 5 heteroatoms. The van der Waals surface area contributed by atoms with Crippen LogP contribution in [0.5, 0.6) is 0 Å². The van der Waals surface area contributed by atoms with Gasteiger partial charge in [0.25, 0.3) is 5.91 Å². The number of aryl methyl sites for hydroxylation is 1. The lowest BCUT2D eigenvalue weighted by molar-refractivity contribution is -0.113. The average Bonchev–Trinajstić information content (AvgIpc) is 3.06. The van der Waals surface area contributed by atoms with Crippen molar-refractivity contribution in [2.24, 2.45) is 0 Å². The second kappa shape index (κ2) is 5.54. The van der Waals surface area contributed by atoms with E-state index in [1.165, 1.54) is 0 Å². The maximum Gasteiger partial charge on any atom is 0.252 e. The van der Waals surface area contributed by atoms with Crippen molar-refractivity contribution in [1.82, 2.24) is 5.16 Å². The first-order chi connectivity index (χ1) is 10.1. The van der Waals surface area contributed by atoms with Crippen LogP contribution in [0.1, 0.15) is 23.8 Å². The quantitative estimate of drug-likeness (QED) is 0.936. The van der Waals surface area contributed by atoms with E-state index in [4.69, 9.17) is 4.52 Å². The van der Waals surface area contributed by atoms with Crippen LogP contribution in [0, 0.1) is 6.92 Å². The standard InChI is InChI=1S/C16H16N2O3/c1-11-7-15(17-21-11)18-10-12(9-16(18)20)8-14(19)13-5-3-2-4-6-13/h2-7,9,14,19H,8,10H2,1H3. The lowest BCUT2D eigenvalue weighted by Gasteiger charge is -2.14. The van der Waals surface area contributed by atoms with Crippen LogP contribution in [0.2, 0.25) is 0 Å². The van der Waals surface area contributed by atoms with Crippen molar-refractivity contribution in [3.63, 3.8) is 0 Å². The van der Waals surface area contributed by atoms with E-state index in [0.717, 1.165) is 11.1 Å². The Morgan fingerprint density at radius 3 is 2.81 bits per heavy atom. The highest BCUT2D eigenvalue weighted by Gasteiger charge is 2.26. The largest absolute Gasteiger partial charge is 0.388 e. The molecule has 0 radical (unpaired) electrons. The van der Waals surface area contributed by atoms with Gasteiger partial charge in [0.15, 0.2) is 5.82 Å². The second-order valence-electron chi connectivity index (χ2n) is 5.15. The minimum Gasteiger partial charge on any atom is -0.388 e. The molecule has 1 unspecified atom stereocenters. The predicted octanol–water partition coefficient (Wildman–Crippen LogP) is 2.38. The van der Waals surface area contributed by atoms with E-state index in [9.17, 15) is 9.90 Å². The molecule has 0 aliphatic carbocycles. The van der Waals surface area contributed by atoms with Crippen LogP contribution in [-0.2, 0) is 4.79 Å². The number of aliphatic hydroxyl groups excluding tert-OH is 1. The molecule has 0 saturated heterocycles. The molecule has 1 aliphatic heterocycles. The predicted molar refractivity (Wildman–Crippen MR) is 77.7 cm³/mol. The summed E-state index contributed by atoms with van der Waals surface area (Å²) in [6.45, 7) is 2.22. The molecular weight excluding hydrogens is 268 g/mol. The van der Waals surface area contributed by atoms with Gasteiger partial charge in [0.2, 0.25) is 0 Å². The Hall–Kier alpha value is -2.40. The third-order valence-electron chi connectivity index (χ3n) is 3.49. The Labute approximate surface area is 122 Å². The zero-order valence-electron chi connectivity index (χ0n) is 11.7. The molecule has 1 aromatic heterocycles. The monoisotopic (exact) mass is 284 g/mol. The van der Waals surface area contributed by atoms with Gasteiger partial charge in [0.05, 0.1) is 6.10 Å². The van der Waals surface area contributed by atoms with E-state index in [-0.39, 0.29) is 5.91 Å². The smallest absolute Gasteiger partial charge is 0.252 e. The average molecular weight is 284 g/mol. The molecular formula is C16H16N2O3. The zero-order chi connectivity index (χ0) is 14.8. The number of carbonyl (C=O) groups excluding carboxylic acids is 1. The molecule has 3 rings (SSSR count). The molecule has 1 aromatic carbocycles. The highest BCUT2D eigenvalue weighted by Crippen LogP contribution is 2.27. The molecule has 5 nitrogen and oxygen atoms in total. The van der Waals surface area contributed by atoms with E-state index in [1.807, 2.05) is 30.3 Å². The molecule has 0 fully saturated rings. The van der Waals surface area contributed by atoms with Gasteiger partial charge < -0.3 is 9.63 Å². The van der Waals surface area contributed by atoms with Gasteiger partial charge >= 0.3 is 0 Å². The number of amides is 1. The molecule has 21 heavy (non-hydrogen) atoms. The number of anilines is 1. The van der Waals surface area contributed by atoms with Crippen molar-refractivity contribution in [2.45, 2.75) is 19.4 Å². The summed E-state index contributed by atoms with van der Waals surface area (Å²) in [5.41, 5.74) is 1.73. The number of aromatic nitrogens is 1. The van der Waals surface area contributed by atoms with Gasteiger partial charge in [-0.3, -0.25) is 9.69 Å². The molecule has 1 atom stereocenters. The number of nitrogens with zero attached hydrogens (tertiary/aromatic N) is 2. The van der Waals surface area contributed by atoms with Gasteiger partial charge in [-0.1, -0.05) is 35.5 Å². The van der Waals surface area contributed by atoms with Crippen LogP contribution in [-0.4, -0.2) is 22.7 Å². The molecule has 2 aromatic rings. The summed E-state index contributed by atoms with van der Waals surface area (Å²) < 4.78 is 4.99. The zero-order valence-corrected chi connectivity index (χ0v) is 11.7. The fraction of sp³-hybridized carbons (Fsp3) is 0.250. The normalized spacial score (nSPS) is 16.2. The van der Waals surface area contributed by atoms with Crippen molar-refractivity contribution in [1.29, 1.82) is 0 Å². The molecule has 0 spiro atoms. The van der Waals surface area contributed by atoms with E-state index < -0.39 is 6.10 Å². The van der Waals surface area contributed by atoms with E-state index in [0.29, 0.717) is 24.5 Å². The van der Waals surface area contributed by atoms with Crippen LogP contribution in [0.15, 0.2) is 52.6 Å². The molecule has 108 valence electrons. The van der Waals surface area contributed by atoms with Crippen molar-refractivity contribution in [3.05, 3.63) is 59.4 Å². The topological polar surface area (TPSA) is 66.6 Å². The van der Waals surface area contributed by atoms with Crippen LogP contribution < -0.4 is 4.90 Å². The van der Waals surface area contributed by atoms with Gasteiger partial charge in [-0.2, -0.15) is 0 Å². The Balaban J connectivity index is 1.68. The number of hydrogen-bond acceptors (Lipinski definition) is 4. The summed E-state index contributed by atoms with van der Waals surface area (Å²) >= 11 is 0. The van der Waals surface area contributed by atoms with Gasteiger partial charge in [0.1, 0.15) is 5.76 Å². The Bertz CT molecular complexity index is 676. The lowest BCUT2D eigenvalue weighted by atomic mass is 10.0. The molecule has 0 saturated carbocycles. The van der Waals surface area contributed by atoms with Crippen molar-refractivity contribution < 1.29 is 14.4 Å². The molecule has 2 heterocycles. The number of hydrogen-bond donors (Lipinski definition) is 1. The van der Waals surface area contributed by atoms with Crippen LogP contribution >= 0.6 is 0 Å². The Morgan fingerprint density at radius 1 is 1.38 bits per heavy atom. The van der Waals surface area contributed by atoms with E-state index in [2.05, 4.69) is 5.16 Å². The maximum absolute atomic E-state index is 12.0. The fourth-order valence-corrected chi connectivity index (χ4v) is 2.42. The maximum atomic E-state index is 12.0. The summed E-state index contributed by atoms with van der Waals surface area (Å²) in [7, 11) is 0. The fourth-order valence-electron chi connectivity index (χ4n) is 2.42. The van der Waals surface area contributed by atoms with E-state index in [1.54, 1.807) is 24.0 Å². The summed E-state index contributed by atoms with van der Waals surface area (Å²) in [5, 5.41) is 14.1. The van der Waals surface area contributed by atoms with E-state index >= 15 is 0 Å². The minimum atomic E-state index is -0.607. The Morgan fingerprint density at radius 2 is 2.14 bits per heavy atom. The first-order valence-corrected chi connectivity index (χ1v) is 6.81. The van der Waals surface area contributed by atoms with Gasteiger partial charge in [-0.25, -0.2) is 0 Å².